The third kappa shape index (κ3) is 14.1. The van der Waals surface area contributed by atoms with Crippen molar-refractivity contribution in [3.05, 3.63) is 95.2 Å². The van der Waals surface area contributed by atoms with Gasteiger partial charge in [0, 0.05) is 25.7 Å². The van der Waals surface area contributed by atoms with E-state index >= 15 is 0 Å². The molecule has 0 fully saturated rings. The lowest BCUT2D eigenvalue weighted by Gasteiger charge is -2.16. The van der Waals surface area contributed by atoms with E-state index in [0.717, 1.165) is 28.5 Å². The second-order valence-corrected chi connectivity index (χ2v) is 8.79. The van der Waals surface area contributed by atoms with Crippen molar-refractivity contribution in [2.45, 2.75) is 80.7 Å². The lowest BCUT2D eigenvalue weighted by molar-refractivity contribution is -0.118. The standard InChI is InChI=1S/C16H22N4O.C7H11NO.C6H10.C2H6/c1-11(2)14-10-15(17-5)20(18-14)13-8-6-12(7-9-13)16(3,4)19-21;1-4-5-6(2)8-7(3)9;1-3-5-6-4-2;1-2/h6-11,17H,1-5H3;4-5H,1H2,2-3H3,(H,8,9);3-6H,1-2H3;1-2H3/b;6-5-;5-3-,6-4+;. The highest BCUT2D eigenvalue weighted by Crippen LogP contribution is 2.27. The molecule has 1 aromatic heterocycles. The molecule has 0 bridgehead atoms. The van der Waals surface area contributed by atoms with Gasteiger partial charge < -0.3 is 10.6 Å². The van der Waals surface area contributed by atoms with E-state index in [1.165, 1.54) is 6.92 Å². The Morgan fingerprint density at radius 2 is 1.61 bits per heavy atom. The highest BCUT2D eigenvalue weighted by molar-refractivity contribution is 5.74. The molecular formula is C31H49N5O2. The van der Waals surface area contributed by atoms with Gasteiger partial charge in [0.2, 0.25) is 5.91 Å². The van der Waals surface area contributed by atoms with Crippen LogP contribution in [-0.2, 0) is 10.3 Å². The Morgan fingerprint density at radius 1 is 1.08 bits per heavy atom. The van der Waals surface area contributed by atoms with E-state index in [1.807, 2.05) is 94.9 Å². The Bertz CT molecular complexity index is 1030. The quantitative estimate of drug-likeness (QED) is 0.268. The fourth-order valence-corrected chi connectivity index (χ4v) is 2.84. The van der Waals surface area contributed by atoms with Crippen LogP contribution in [0.4, 0.5) is 5.82 Å². The summed E-state index contributed by atoms with van der Waals surface area (Å²) in [7, 11) is 1.88. The van der Waals surface area contributed by atoms with E-state index in [2.05, 4.69) is 47.4 Å². The summed E-state index contributed by atoms with van der Waals surface area (Å²) < 4.78 is 1.88. The molecule has 7 heteroatoms. The summed E-state index contributed by atoms with van der Waals surface area (Å²) in [6, 6.07) is 9.82. The number of anilines is 1. The number of allylic oxidation sites excluding steroid dienone is 7. The first-order valence-corrected chi connectivity index (χ1v) is 13.0. The number of benzene rings is 1. The van der Waals surface area contributed by atoms with Gasteiger partial charge in [-0.3, -0.25) is 4.79 Å². The molecule has 2 N–H and O–H groups in total. The molecule has 2 rings (SSSR count). The molecule has 2 aromatic rings. The van der Waals surface area contributed by atoms with Crippen molar-refractivity contribution in [1.29, 1.82) is 0 Å². The molecule has 0 saturated carbocycles. The average molecular weight is 524 g/mol. The molecular weight excluding hydrogens is 474 g/mol. The molecule has 0 saturated heterocycles. The van der Waals surface area contributed by atoms with Crippen molar-refractivity contribution >= 4 is 11.7 Å². The summed E-state index contributed by atoms with van der Waals surface area (Å²) in [5.41, 5.74) is 2.99. The number of hydrogen-bond donors (Lipinski definition) is 2. The summed E-state index contributed by atoms with van der Waals surface area (Å²) in [5, 5.41) is 13.6. The molecule has 7 nitrogen and oxygen atoms in total. The van der Waals surface area contributed by atoms with Crippen molar-refractivity contribution in [1.82, 2.24) is 15.1 Å². The van der Waals surface area contributed by atoms with Crippen LogP contribution in [0.15, 0.2) is 84.2 Å². The van der Waals surface area contributed by atoms with Crippen molar-refractivity contribution < 1.29 is 4.79 Å². The molecule has 210 valence electrons. The van der Waals surface area contributed by atoms with Gasteiger partial charge in [0.25, 0.3) is 0 Å². The summed E-state index contributed by atoms with van der Waals surface area (Å²) in [6.07, 6.45) is 11.4. The number of carbonyl (C=O) groups excluding carboxylic acids is 1. The highest BCUT2D eigenvalue weighted by atomic mass is 16.3. The third-order valence-electron chi connectivity index (χ3n) is 4.86. The molecule has 0 atom stereocenters. The number of hydrogen-bond acceptors (Lipinski definition) is 5. The maximum Gasteiger partial charge on any atom is 0.220 e. The normalized spacial score (nSPS) is 11.0. The van der Waals surface area contributed by atoms with Crippen molar-refractivity contribution in [2.24, 2.45) is 5.18 Å². The molecule has 38 heavy (non-hydrogen) atoms. The van der Waals surface area contributed by atoms with Crippen LogP contribution in [0.3, 0.4) is 0 Å². The van der Waals surface area contributed by atoms with Gasteiger partial charge in [0.05, 0.1) is 11.4 Å². The maximum absolute atomic E-state index is 10.9. The summed E-state index contributed by atoms with van der Waals surface area (Å²) in [4.78, 5) is 21.2. The maximum atomic E-state index is 10.9. The van der Waals surface area contributed by atoms with Crippen LogP contribution < -0.4 is 10.6 Å². The summed E-state index contributed by atoms with van der Waals surface area (Å²) >= 11 is 0. The topological polar surface area (TPSA) is 88.4 Å². The highest BCUT2D eigenvalue weighted by Gasteiger charge is 2.21. The molecule has 0 aliphatic heterocycles. The Kier molecular flexibility index (Phi) is 19.5. The molecule has 0 unspecified atom stereocenters. The average Bonchev–Trinajstić information content (AvgIpc) is 3.34. The summed E-state index contributed by atoms with van der Waals surface area (Å²) in [6.45, 7) is 22.6. The Morgan fingerprint density at radius 3 is 1.97 bits per heavy atom. The molecule has 1 heterocycles. The minimum absolute atomic E-state index is 0.0504. The van der Waals surface area contributed by atoms with Gasteiger partial charge in [-0.2, -0.15) is 5.10 Å². The number of carbonyl (C=O) groups is 1. The first-order chi connectivity index (χ1) is 18.0. The van der Waals surface area contributed by atoms with Gasteiger partial charge in [-0.25, -0.2) is 4.68 Å². The molecule has 0 spiro atoms. The second kappa shape index (κ2) is 20.3. The zero-order valence-electron chi connectivity index (χ0n) is 25.3. The first-order valence-electron chi connectivity index (χ1n) is 13.0. The first kappa shape index (κ1) is 36.4. The van der Waals surface area contributed by atoms with Gasteiger partial charge >= 0.3 is 0 Å². The predicted octanol–water partition coefficient (Wildman–Crippen LogP) is 8.42. The van der Waals surface area contributed by atoms with E-state index in [4.69, 9.17) is 0 Å². The van der Waals surface area contributed by atoms with Crippen molar-refractivity contribution in [3.8, 4) is 5.69 Å². The SMILES string of the molecule is C/C=C\C=C\C.C=C/C=C(/C)NC(C)=O.CC.CNc1cc(C(C)C)nn1-c1ccc(C(C)(C)N=O)cc1. The molecule has 0 aliphatic carbocycles. The van der Waals surface area contributed by atoms with Gasteiger partial charge in [-0.1, -0.05) is 82.0 Å². The molecule has 0 aliphatic rings. The Hall–Kier alpha value is -3.74. The van der Waals surface area contributed by atoms with Crippen LogP contribution in [0.25, 0.3) is 5.69 Å². The van der Waals surface area contributed by atoms with Crippen LogP contribution >= 0.6 is 0 Å². The number of aromatic nitrogens is 2. The number of nitrogens with one attached hydrogen (secondary N) is 2. The van der Waals surface area contributed by atoms with Gasteiger partial charge in [0.1, 0.15) is 11.4 Å². The Balaban J connectivity index is 0. The van der Waals surface area contributed by atoms with Crippen LogP contribution in [0.2, 0.25) is 0 Å². The lowest BCUT2D eigenvalue weighted by atomic mass is 9.95. The minimum Gasteiger partial charge on any atom is -0.373 e. The van der Waals surface area contributed by atoms with E-state index in [-0.39, 0.29) is 5.91 Å². The van der Waals surface area contributed by atoms with Crippen LogP contribution in [0.5, 0.6) is 0 Å². The lowest BCUT2D eigenvalue weighted by Crippen LogP contribution is -2.16. The van der Waals surface area contributed by atoms with Gasteiger partial charge in [-0.05, 0) is 64.3 Å². The predicted molar refractivity (Wildman–Crippen MR) is 165 cm³/mol. The molecule has 0 radical (unpaired) electrons. The van der Waals surface area contributed by atoms with Crippen molar-refractivity contribution in [3.63, 3.8) is 0 Å². The van der Waals surface area contributed by atoms with E-state index < -0.39 is 5.54 Å². The van der Waals surface area contributed by atoms with E-state index in [0.29, 0.717) is 5.92 Å². The largest absolute Gasteiger partial charge is 0.373 e. The van der Waals surface area contributed by atoms with Crippen LogP contribution in [0.1, 0.15) is 86.4 Å². The van der Waals surface area contributed by atoms with Crippen LogP contribution in [0, 0.1) is 4.91 Å². The van der Waals surface area contributed by atoms with E-state index in [9.17, 15) is 9.70 Å². The van der Waals surface area contributed by atoms with Gasteiger partial charge in [-0.15, -0.1) is 4.91 Å². The molecule has 1 aromatic carbocycles. The zero-order chi connectivity index (χ0) is 29.7. The Labute approximate surface area is 230 Å². The third-order valence-corrected chi connectivity index (χ3v) is 4.86. The zero-order valence-corrected chi connectivity index (χ0v) is 25.3. The fourth-order valence-electron chi connectivity index (χ4n) is 2.84. The number of amides is 1. The van der Waals surface area contributed by atoms with Crippen LogP contribution in [-0.4, -0.2) is 22.7 Å². The monoisotopic (exact) mass is 523 g/mol. The molecule has 1 amide bonds. The number of rotatable bonds is 8. The fraction of sp³-hybridized carbons (Fsp3) is 0.419. The van der Waals surface area contributed by atoms with Crippen molar-refractivity contribution in [2.75, 3.05) is 12.4 Å². The summed E-state index contributed by atoms with van der Waals surface area (Å²) in [5.74, 6) is 1.26. The minimum atomic E-state index is -0.711. The van der Waals surface area contributed by atoms with Gasteiger partial charge in [0.15, 0.2) is 0 Å². The number of nitroso groups, excluding NO2 is 1. The second-order valence-electron chi connectivity index (χ2n) is 8.79. The smallest absolute Gasteiger partial charge is 0.220 e. The van der Waals surface area contributed by atoms with E-state index in [1.54, 1.807) is 26.0 Å². The number of nitrogens with zero attached hydrogens (tertiary/aromatic N) is 3.